The Kier molecular flexibility index (Phi) is 2.43. The van der Waals surface area contributed by atoms with E-state index in [-0.39, 0.29) is 13.0 Å². The van der Waals surface area contributed by atoms with E-state index in [0.29, 0.717) is 0 Å². The highest BCUT2D eigenvalue weighted by Gasteiger charge is 2.31. The zero-order valence-corrected chi connectivity index (χ0v) is 5.93. The fourth-order valence-electron chi connectivity index (χ4n) is 0.969. The second-order valence-electron chi connectivity index (χ2n) is 2.59. The van der Waals surface area contributed by atoms with Gasteiger partial charge in [0.1, 0.15) is 12.2 Å². The van der Waals surface area contributed by atoms with E-state index in [2.05, 4.69) is 0 Å². The maximum atomic E-state index is 10.5. The van der Waals surface area contributed by atoms with Gasteiger partial charge < -0.3 is 20.7 Å². The third kappa shape index (κ3) is 1.89. The molecular formula is C6H11NO4. The molecule has 0 radical (unpaired) electrons. The van der Waals surface area contributed by atoms with Gasteiger partial charge in [0, 0.05) is 6.42 Å². The number of amides is 1. The smallest absolute Gasteiger partial charge is 0.246 e. The normalized spacial score (nSPS) is 38.5. The molecule has 0 aromatic carbocycles. The van der Waals surface area contributed by atoms with E-state index >= 15 is 0 Å². The van der Waals surface area contributed by atoms with Gasteiger partial charge in [-0.3, -0.25) is 4.79 Å². The molecule has 0 aliphatic carbocycles. The summed E-state index contributed by atoms with van der Waals surface area (Å²) in [6, 6.07) is 0. The Bertz CT molecular complexity index is 161. The quantitative estimate of drug-likeness (QED) is 0.414. The molecule has 4 N–H and O–H groups in total. The van der Waals surface area contributed by atoms with Crippen LogP contribution in [0.4, 0.5) is 0 Å². The molecule has 1 amide bonds. The molecule has 11 heavy (non-hydrogen) atoms. The maximum Gasteiger partial charge on any atom is 0.246 e. The summed E-state index contributed by atoms with van der Waals surface area (Å²) in [5.74, 6) is -0.601. The first-order valence-corrected chi connectivity index (χ1v) is 3.38. The Labute approximate surface area is 63.8 Å². The molecule has 0 bridgehead atoms. The summed E-state index contributed by atoms with van der Waals surface area (Å²) in [6.07, 6.45) is -2.48. The van der Waals surface area contributed by atoms with E-state index in [4.69, 9.17) is 20.7 Å². The van der Waals surface area contributed by atoms with Gasteiger partial charge >= 0.3 is 0 Å². The van der Waals surface area contributed by atoms with Crippen LogP contribution in [0.3, 0.4) is 0 Å². The molecule has 1 saturated heterocycles. The summed E-state index contributed by atoms with van der Waals surface area (Å²) in [7, 11) is 0. The molecule has 1 fully saturated rings. The Morgan fingerprint density at radius 2 is 2.09 bits per heavy atom. The third-order valence-corrected chi connectivity index (χ3v) is 1.69. The van der Waals surface area contributed by atoms with Gasteiger partial charge in [-0.1, -0.05) is 0 Å². The van der Waals surface area contributed by atoms with Crippen molar-refractivity contribution in [2.24, 2.45) is 5.73 Å². The van der Waals surface area contributed by atoms with Crippen LogP contribution >= 0.6 is 0 Å². The standard InChI is InChI=1S/C6H11NO4/c7-6(10)5-1-3(8)4(9)2-11-5/h3-5,8-9H,1-2H2,(H2,7,10)/t3-,4+,5-/m0/s1. The fraction of sp³-hybridized carbons (Fsp3) is 0.833. The van der Waals surface area contributed by atoms with Gasteiger partial charge in [0.05, 0.1) is 12.7 Å². The Hall–Kier alpha value is -0.650. The SMILES string of the molecule is NC(=O)[C@@H]1C[C@H](O)[C@H](O)CO1. The average Bonchev–Trinajstić information content (AvgIpc) is 1.94. The largest absolute Gasteiger partial charge is 0.390 e. The van der Waals surface area contributed by atoms with E-state index in [1.165, 1.54) is 0 Å². The number of rotatable bonds is 1. The first kappa shape index (κ1) is 8.45. The fourth-order valence-corrected chi connectivity index (χ4v) is 0.969. The van der Waals surface area contributed by atoms with Crippen molar-refractivity contribution in [2.45, 2.75) is 24.7 Å². The monoisotopic (exact) mass is 161 g/mol. The number of hydrogen-bond donors (Lipinski definition) is 3. The molecule has 1 aliphatic rings. The van der Waals surface area contributed by atoms with Crippen LogP contribution in [0.15, 0.2) is 0 Å². The van der Waals surface area contributed by atoms with Crippen LogP contribution in [0.1, 0.15) is 6.42 Å². The molecule has 0 aromatic rings. The molecule has 1 aliphatic heterocycles. The van der Waals surface area contributed by atoms with Gasteiger partial charge in [-0.2, -0.15) is 0 Å². The van der Waals surface area contributed by atoms with Crippen molar-refractivity contribution in [3.63, 3.8) is 0 Å². The van der Waals surface area contributed by atoms with Crippen molar-refractivity contribution in [2.75, 3.05) is 6.61 Å². The van der Waals surface area contributed by atoms with Crippen molar-refractivity contribution >= 4 is 5.91 Å². The second-order valence-corrected chi connectivity index (χ2v) is 2.59. The van der Waals surface area contributed by atoms with Crippen LogP contribution in [0.5, 0.6) is 0 Å². The summed E-state index contributed by atoms with van der Waals surface area (Å²) >= 11 is 0. The van der Waals surface area contributed by atoms with E-state index in [9.17, 15) is 4.79 Å². The van der Waals surface area contributed by atoms with Crippen molar-refractivity contribution in [1.29, 1.82) is 0 Å². The molecule has 1 rings (SSSR count). The van der Waals surface area contributed by atoms with Gasteiger partial charge in [-0.15, -0.1) is 0 Å². The van der Waals surface area contributed by atoms with Gasteiger partial charge in [0.2, 0.25) is 5.91 Å². The summed E-state index contributed by atoms with van der Waals surface area (Å²) in [6.45, 7) is -0.0330. The Morgan fingerprint density at radius 1 is 1.45 bits per heavy atom. The number of nitrogens with two attached hydrogens (primary N) is 1. The van der Waals surface area contributed by atoms with E-state index in [1.54, 1.807) is 0 Å². The molecule has 5 heteroatoms. The molecule has 64 valence electrons. The lowest BCUT2D eigenvalue weighted by Gasteiger charge is -2.28. The molecule has 1 heterocycles. The molecule has 0 spiro atoms. The number of aliphatic hydroxyl groups is 2. The van der Waals surface area contributed by atoms with Crippen LogP contribution in [0.2, 0.25) is 0 Å². The van der Waals surface area contributed by atoms with E-state index in [0.717, 1.165) is 0 Å². The summed E-state index contributed by atoms with van der Waals surface area (Å²) in [5.41, 5.74) is 4.92. The van der Waals surface area contributed by atoms with Crippen molar-refractivity contribution in [3.05, 3.63) is 0 Å². The van der Waals surface area contributed by atoms with Gasteiger partial charge in [-0.25, -0.2) is 0 Å². The number of aliphatic hydroxyl groups excluding tert-OH is 2. The second kappa shape index (κ2) is 3.17. The number of carbonyl (C=O) groups is 1. The highest BCUT2D eigenvalue weighted by molar-refractivity contribution is 5.78. The van der Waals surface area contributed by atoms with Crippen LogP contribution in [-0.2, 0) is 9.53 Å². The molecule has 0 aromatic heterocycles. The lowest BCUT2D eigenvalue weighted by Crippen LogP contribution is -2.46. The molecule has 5 nitrogen and oxygen atoms in total. The van der Waals surface area contributed by atoms with Gasteiger partial charge in [0.15, 0.2) is 0 Å². The van der Waals surface area contributed by atoms with Crippen molar-refractivity contribution in [1.82, 2.24) is 0 Å². The predicted octanol–water partition coefficient (Wildman–Crippen LogP) is -2.02. The van der Waals surface area contributed by atoms with Crippen LogP contribution in [-0.4, -0.2) is 41.0 Å². The number of carbonyl (C=O) groups excluding carboxylic acids is 1. The Balaban J connectivity index is 2.46. The minimum atomic E-state index is -0.902. The van der Waals surface area contributed by atoms with Crippen molar-refractivity contribution < 1.29 is 19.7 Å². The minimum absolute atomic E-state index is 0.0330. The highest BCUT2D eigenvalue weighted by Crippen LogP contribution is 2.13. The van der Waals surface area contributed by atoms with Crippen LogP contribution < -0.4 is 5.73 Å². The lowest BCUT2D eigenvalue weighted by atomic mass is 10.0. The third-order valence-electron chi connectivity index (χ3n) is 1.69. The van der Waals surface area contributed by atoms with Crippen molar-refractivity contribution in [3.8, 4) is 0 Å². The maximum absolute atomic E-state index is 10.5. The van der Waals surface area contributed by atoms with Gasteiger partial charge in [-0.05, 0) is 0 Å². The summed E-state index contributed by atoms with van der Waals surface area (Å²) < 4.78 is 4.84. The summed E-state index contributed by atoms with van der Waals surface area (Å²) in [4.78, 5) is 10.5. The molecule has 0 saturated carbocycles. The summed E-state index contributed by atoms with van der Waals surface area (Å²) in [5, 5.41) is 18.0. The Morgan fingerprint density at radius 3 is 2.55 bits per heavy atom. The van der Waals surface area contributed by atoms with Crippen LogP contribution in [0.25, 0.3) is 0 Å². The van der Waals surface area contributed by atoms with E-state index in [1.807, 2.05) is 0 Å². The highest BCUT2D eigenvalue weighted by atomic mass is 16.5. The molecular weight excluding hydrogens is 150 g/mol. The molecule has 0 unspecified atom stereocenters. The zero-order valence-electron chi connectivity index (χ0n) is 5.93. The lowest BCUT2D eigenvalue weighted by molar-refractivity contribution is -0.150. The minimum Gasteiger partial charge on any atom is -0.390 e. The number of ether oxygens (including phenoxy) is 1. The number of primary amides is 1. The van der Waals surface area contributed by atoms with E-state index < -0.39 is 24.2 Å². The first-order valence-electron chi connectivity index (χ1n) is 3.38. The average molecular weight is 161 g/mol. The first-order chi connectivity index (χ1) is 5.11. The van der Waals surface area contributed by atoms with Crippen LogP contribution in [0, 0.1) is 0 Å². The predicted molar refractivity (Wildman–Crippen MR) is 35.6 cm³/mol. The van der Waals surface area contributed by atoms with Gasteiger partial charge in [0.25, 0.3) is 0 Å². The number of hydrogen-bond acceptors (Lipinski definition) is 4. The molecule has 3 atom stereocenters. The topological polar surface area (TPSA) is 92.8 Å². The zero-order chi connectivity index (χ0) is 8.43.